The van der Waals surface area contributed by atoms with Crippen LogP contribution in [0, 0.1) is 0 Å². The molecule has 0 unspecified atom stereocenters. The van der Waals surface area contributed by atoms with E-state index in [0.29, 0.717) is 10.4 Å². The van der Waals surface area contributed by atoms with Crippen molar-refractivity contribution in [1.82, 2.24) is 3.97 Å². The van der Waals surface area contributed by atoms with Crippen molar-refractivity contribution in [3.05, 3.63) is 60.8 Å². The number of thioether (sulfide) groups is 1. The number of rotatable bonds is 4. The molecule has 0 bridgehead atoms. The first kappa shape index (κ1) is 14.2. The van der Waals surface area contributed by atoms with Gasteiger partial charge in [0.15, 0.2) is 0 Å². The SMILES string of the molecule is CCSc1ccc2c(ccn2S(=O)(=O)c2ccccc2)c1. The van der Waals surface area contributed by atoms with Crippen LogP contribution in [0.1, 0.15) is 6.92 Å². The predicted molar refractivity (Wildman–Crippen MR) is 87.4 cm³/mol. The standard InChI is InChI=1S/C16H15NO2S2/c1-2-20-14-8-9-16-13(12-14)10-11-17(16)21(18,19)15-6-4-3-5-7-15/h3-12H,2H2,1H3. The van der Waals surface area contributed by atoms with Crippen LogP contribution in [0.3, 0.4) is 0 Å². The minimum Gasteiger partial charge on any atom is -0.241 e. The molecule has 0 atom stereocenters. The first-order valence-corrected chi connectivity index (χ1v) is 9.10. The van der Waals surface area contributed by atoms with Crippen LogP contribution in [-0.2, 0) is 10.0 Å². The number of fused-ring (bicyclic) bond motifs is 1. The third-order valence-corrected chi connectivity index (χ3v) is 5.82. The monoisotopic (exact) mass is 317 g/mol. The fourth-order valence-electron chi connectivity index (χ4n) is 2.27. The Bertz CT molecular complexity index is 868. The van der Waals surface area contributed by atoms with E-state index in [1.54, 1.807) is 48.3 Å². The van der Waals surface area contributed by atoms with Gasteiger partial charge in [-0.2, -0.15) is 0 Å². The average Bonchev–Trinajstić information content (AvgIpc) is 2.92. The van der Waals surface area contributed by atoms with Gasteiger partial charge in [0.2, 0.25) is 0 Å². The quantitative estimate of drug-likeness (QED) is 0.683. The Kier molecular flexibility index (Phi) is 3.78. The molecular weight excluding hydrogens is 302 g/mol. The van der Waals surface area contributed by atoms with E-state index in [1.165, 1.54) is 3.97 Å². The van der Waals surface area contributed by atoms with Crippen molar-refractivity contribution in [3.63, 3.8) is 0 Å². The summed E-state index contributed by atoms with van der Waals surface area (Å²) in [6.45, 7) is 2.10. The third kappa shape index (κ3) is 2.59. The van der Waals surface area contributed by atoms with Crippen molar-refractivity contribution >= 4 is 32.7 Å². The van der Waals surface area contributed by atoms with Crippen LogP contribution in [0.4, 0.5) is 0 Å². The maximum atomic E-state index is 12.7. The van der Waals surface area contributed by atoms with Gasteiger partial charge in [-0.25, -0.2) is 12.4 Å². The lowest BCUT2D eigenvalue weighted by atomic mass is 10.2. The highest BCUT2D eigenvalue weighted by atomic mass is 32.2. The molecular formula is C16H15NO2S2. The molecule has 0 fully saturated rings. The van der Waals surface area contributed by atoms with E-state index < -0.39 is 10.0 Å². The van der Waals surface area contributed by atoms with Gasteiger partial charge in [-0.1, -0.05) is 25.1 Å². The van der Waals surface area contributed by atoms with E-state index in [9.17, 15) is 8.42 Å². The van der Waals surface area contributed by atoms with Gasteiger partial charge in [0.1, 0.15) is 0 Å². The summed E-state index contributed by atoms with van der Waals surface area (Å²) < 4.78 is 26.7. The molecule has 21 heavy (non-hydrogen) atoms. The van der Waals surface area contributed by atoms with Crippen molar-refractivity contribution in [1.29, 1.82) is 0 Å². The van der Waals surface area contributed by atoms with Gasteiger partial charge in [-0.15, -0.1) is 11.8 Å². The molecule has 0 aliphatic carbocycles. The zero-order valence-corrected chi connectivity index (χ0v) is 13.2. The summed E-state index contributed by atoms with van der Waals surface area (Å²) in [4.78, 5) is 1.45. The Hall–Kier alpha value is -1.72. The first-order valence-electron chi connectivity index (χ1n) is 6.67. The van der Waals surface area contributed by atoms with Crippen molar-refractivity contribution in [3.8, 4) is 0 Å². The van der Waals surface area contributed by atoms with Crippen molar-refractivity contribution in [2.45, 2.75) is 16.7 Å². The summed E-state index contributed by atoms with van der Waals surface area (Å²) >= 11 is 1.74. The predicted octanol–water partition coefficient (Wildman–Crippen LogP) is 3.99. The highest BCUT2D eigenvalue weighted by molar-refractivity contribution is 7.99. The fraction of sp³-hybridized carbons (Fsp3) is 0.125. The lowest BCUT2D eigenvalue weighted by Crippen LogP contribution is -2.11. The van der Waals surface area contributed by atoms with Crippen LogP contribution in [0.5, 0.6) is 0 Å². The average molecular weight is 317 g/mol. The van der Waals surface area contributed by atoms with E-state index in [-0.39, 0.29) is 0 Å². The maximum Gasteiger partial charge on any atom is 0.268 e. The van der Waals surface area contributed by atoms with Gasteiger partial charge >= 0.3 is 0 Å². The maximum absolute atomic E-state index is 12.7. The molecule has 5 heteroatoms. The van der Waals surface area contributed by atoms with Crippen LogP contribution >= 0.6 is 11.8 Å². The van der Waals surface area contributed by atoms with Crippen LogP contribution in [-0.4, -0.2) is 18.1 Å². The summed E-state index contributed by atoms with van der Waals surface area (Å²) in [6.07, 6.45) is 1.62. The molecule has 3 nitrogen and oxygen atoms in total. The van der Waals surface area contributed by atoms with Gasteiger partial charge < -0.3 is 0 Å². The number of hydrogen-bond donors (Lipinski definition) is 0. The topological polar surface area (TPSA) is 39.1 Å². The largest absolute Gasteiger partial charge is 0.268 e. The van der Waals surface area contributed by atoms with E-state index in [0.717, 1.165) is 16.0 Å². The smallest absolute Gasteiger partial charge is 0.241 e. The molecule has 0 amide bonds. The van der Waals surface area contributed by atoms with Crippen LogP contribution in [0.15, 0.2) is 70.6 Å². The molecule has 0 N–H and O–H groups in total. The lowest BCUT2D eigenvalue weighted by molar-refractivity contribution is 0.589. The third-order valence-electron chi connectivity index (χ3n) is 3.24. The Balaban J connectivity index is 2.13. The molecule has 108 valence electrons. The summed E-state index contributed by atoms with van der Waals surface area (Å²) in [5.41, 5.74) is 0.708. The summed E-state index contributed by atoms with van der Waals surface area (Å²) in [7, 11) is -3.54. The van der Waals surface area contributed by atoms with Crippen molar-refractivity contribution in [2.24, 2.45) is 0 Å². The number of nitrogens with zero attached hydrogens (tertiary/aromatic N) is 1. The molecule has 0 radical (unpaired) electrons. The highest BCUT2D eigenvalue weighted by Crippen LogP contribution is 2.26. The van der Waals surface area contributed by atoms with Crippen molar-refractivity contribution < 1.29 is 8.42 Å². The fourth-order valence-corrected chi connectivity index (χ4v) is 4.35. The van der Waals surface area contributed by atoms with Gasteiger partial charge in [0.25, 0.3) is 10.0 Å². The molecule has 2 aromatic carbocycles. The molecule has 3 rings (SSSR count). The summed E-state index contributed by atoms with van der Waals surface area (Å²) in [6, 6.07) is 16.2. The van der Waals surface area contributed by atoms with E-state index in [2.05, 4.69) is 6.92 Å². The Labute approximate surface area is 128 Å². The number of aromatic nitrogens is 1. The summed E-state index contributed by atoms with van der Waals surface area (Å²) in [5, 5.41) is 0.938. The Morgan fingerprint density at radius 3 is 2.52 bits per heavy atom. The molecule has 0 spiro atoms. The zero-order valence-electron chi connectivity index (χ0n) is 11.6. The minimum atomic E-state index is -3.54. The molecule has 3 aromatic rings. The van der Waals surface area contributed by atoms with Gasteiger partial charge in [0, 0.05) is 16.5 Å². The minimum absolute atomic E-state index is 0.300. The Morgan fingerprint density at radius 1 is 1.05 bits per heavy atom. The van der Waals surface area contributed by atoms with E-state index >= 15 is 0 Å². The van der Waals surface area contributed by atoms with Gasteiger partial charge in [-0.05, 0) is 42.2 Å². The van der Waals surface area contributed by atoms with E-state index in [4.69, 9.17) is 0 Å². The molecule has 1 aromatic heterocycles. The first-order chi connectivity index (χ1) is 10.1. The lowest BCUT2D eigenvalue weighted by Gasteiger charge is -2.08. The van der Waals surface area contributed by atoms with Crippen molar-refractivity contribution in [2.75, 3.05) is 5.75 Å². The van der Waals surface area contributed by atoms with Crippen LogP contribution < -0.4 is 0 Å². The molecule has 0 aliphatic heterocycles. The van der Waals surface area contributed by atoms with E-state index in [1.807, 2.05) is 24.3 Å². The van der Waals surface area contributed by atoms with Crippen LogP contribution in [0.25, 0.3) is 10.9 Å². The second-order valence-electron chi connectivity index (χ2n) is 4.58. The highest BCUT2D eigenvalue weighted by Gasteiger charge is 2.18. The Morgan fingerprint density at radius 2 is 1.81 bits per heavy atom. The molecule has 0 aliphatic rings. The zero-order chi connectivity index (χ0) is 14.9. The second-order valence-corrected chi connectivity index (χ2v) is 7.74. The molecule has 1 heterocycles. The van der Waals surface area contributed by atoms with Crippen LogP contribution in [0.2, 0.25) is 0 Å². The second kappa shape index (κ2) is 5.58. The molecule has 0 saturated heterocycles. The molecule has 0 saturated carbocycles. The summed E-state index contributed by atoms with van der Waals surface area (Å²) in [5.74, 6) is 0.995. The number of hydrogen-bond acceptors (Lipinski definition) is 3. The number of benzene rings is 2. The van der Waals surface area contributed by atoms with Gasteiger partial charge in [0.05, 0.1) is 10.4 Å². The normalized spacial score (nSPS) is 11.9. The van der Waals surface area contributed by atoms with Gasteiger partial charge in [-0.3, -0.25) is 0 Å².